The van der Waals surface area contributed by atoms with Crippen LogP contribution in [-0.2, 0) is 4.79 Å². The molecule has 0 heterocycles. The number of nitrogens with one attached hydrogen (secondary N) is 1. The largest absolute Gasteiger partial charge is 0.480 e. The Kier molecular flexibility index (Phi) is 5.16. The van der Waals surface area contributed by atoms with Gasteiger partial charge in [0, 0.05) is 16.7 Å². The number of hydrogen-bond donors (Lipinski definition) is 2. The molecule has 0 aromatic heterocycles. The van der Waals surface area contributed by atoms with E-state index in [0.717, 1.165) is 0 Å². The molecule has 0 amide bonds. The SMILES string of the molecule is CC(C)NC(C)(CSc1ccccc1F)C(=O)O. The lowest BCUT2D eigenvalue weighted by Crippen LogP contribution is -2.54. The minimum Gasteiger partial charge on any atom is -0.480 e. The predicted molar refractivity (Wildman–Crippen MR) is 71.4 cm³/mol. The number of benzene rings is 1. The molecule has 0 fully saturated rings. The molecule has 100 valence electrons. The van der Waals surface area contributed by atoms with E-state index in [-0.39, 0.29) is 17.6 Å². The average Bonchev–Trinajstić information content (AvgIpc) is 2.27. The zero-order valence-corrected chi connectivity index (χ0v) is 11.6. The van der Waals surface area contributed by atoms with Crippen molar-refractivity contribution in [1.82, 2.24) is 5.32 Å². The molecule has 0 aliphatic rings. The van der Waals surface area contributed by atoms with E-state index < -0.39 is 11.5 Å². The first-order chi connectivity index (χ1) is 8.35. The maximum Gasteiger partial charge on any atom is 0.324 e. The second kappa shape index (κ2) is 6.20. The zero-order chi connectivity index (χ0) is 13.8. The Bertz CT molecular complexity index is 425. The lowest BCUT2D eigenvalue weighted by atomic mass is 10.1. The third kappa shape index (κ3) is 3.99. The van der Waals surface area contributed by atoms with E-state index in [2.05, 4.69) is 5.32 Å². The second-order valence-corrected chi connectivity index (χ2v) is 5.67. The van der Waals surface area contributed by atoms with Crippen molar-refractivity contribution in [3.05, 3.63) is 30.1 Å². The summed E-state index contributed by atoms with van der Waals surface area (Å²) in [6.45, 7) is 5.38. The van der Waals surface area contributed by atoms with Gasteiger partial charge in [-0.3, -0.25) is 10.1 Å². The molecule has 1 aromatic rings. The molecule has 1 atom stereocenters. The van der Waals surface area contributed by atoms with Crippen LogP contribution < -0.4 is 5.32 Å². The lowest BCUT2D eigenvalue weighted by molar-refractivity contribution is -0.143. The van der Waals surface area contributed by atoms with Crippen LogP contribution in [-0.4, -0.2) is 28.4 Å². The van der Waals surface area contributed by atoms with Crippen molar-refractivity contribution in [2.75, 3.05) is 5.75 Å². The van der Waals surface area contributed by atoms with Gasteiger partial charge in [-0.15, -0.1) is 11.8 Å². The highest BCUT2D eigenvalue weighted by molar-refractivity contribution is 7.99. The summed E-state index contributed by atoms with van der Waals surface area (Å²) >= 11 is 1.21. The van der Waals surface area contributed by atoms with E-state index >= 15 is 0 Å². The van der Waals surface area contributed by atoms with Gasteiger partial charge in [-0.05, 0) is 32.9 Å². The number of thioether (sulfide) groups is 1. The minimum absolute atomic E-state index is 0.0484. The highest BCUT2D eigenvalue weighted by Gasteiger charge is 2.33. The van der Waals surface area contributed by atoms with Gasteiger partial charge >= 0.3 is 5.97 Å². The van der Waals surface area contributed by atoms with Crippen LogP contribution in [0.1, 0.15) is 20.8 Å². The van der Waals surface area contributed by atoms with Gasteiger partial charge in [-0.25, -0.2) is 4.39 Å². The number of halogens is 1. The molecule has 5 heteroatoms. The normalized spacial score (nSPS) is 14.5. The Balaban J connectivity index is 2.75. The smallest absolute Gasteiger partial charge is 0.324 e. The van der Waals surface area contributed by atoms with Crippen molar-refractivity contribution in [1.29, 1.82) is 0 Å². The molecule has 3 nitrogen and oxygen atoms in total. The standard InChI is InChI=1S/C13H18FNO2S/c1-9(2)15-13(3,12(16)17)8-18-11-7-5-4-6-10(11)14/h4-7,9,15H,8H2,1-3H3,(H,16,17). The van der Waals surface area contributed by atoms with Gasteiger partial charge in [0.2, 0.25) is 0 Å². The summed E-state index contributed by atoms with van der Waals surface area (Å²) in [5.74, 6) is -0.985. The molecule has 18 heavy (non-hydrogen) atoms. The Morgan fingerprint density at radius 2 is 2.11 bits per heavy atom. The summed E-state index contributed by atoms with van der Waals surface area (Å²) in [5.41, 5.74) is -1.07. The molecule has 0 aliphatic heterocycles. The highest BCUT2D eigenvalue weighted by atomic mass is 32.2. The monoisotopic (exact) mass is 271 g/mol. The zero-order valence-electron chi connectivity index (χ0n) is 10.7. The number of aliphatic carboxylic acids is 1. The summed E-state index contributed by atoms with van der Waals surface area (Å²) in [6, 6.07) is 6.42. The van der Waals surface area contributed by atoms with Crippen molar-refractivity contribution >= 4 is 17.7 Å². The van der Waals surface area contributed by atoms with Crippen LogP contribution in [0.5, 0.6) is 0 Å². The third-order valence-corrected chi connectivity index (χ3v) is 3.80. The van der Waals surface area contributed by atoms with Gasteiger partial charge in [-0.2, -0.15) is 0 Å². The second-order valence-electron chi connectivity index (χ2n) is 4.66. The van der Waals surface area contributed by atoms with Crippen LogP contribution in [0.4, 0.5) is 4.39 Å². The van der Waals surface area contributed by atoms with Crippen LogP contribution >= 0.6 is 11.8 Å². The summed E-state index contributed by atoms with van der Waals surface area (Å²) in [5, 5.41) is 12.3. The quantitative estimate of drug-likeness (QED) is 0.781. The van der Waals surface area contributed by atoms with Crippen LogP contribution in [0.2, 0.25) is 0 Å². The predicted octanol–water partition coefficient (Wildman–Crippen LogP) is 2.76. The number of carbonyl (C=O) groups is 1. The highest BCUT2D eigenvalue weighted by Crippen LogP contribution is 2.25. The lowest BCUT2D eigenvalue weighted by Gasteiger charge is -2.28. The van der Waals surface area contributed by atoms with Crippen molar-refractivity contribution in [2.45, 2.75) is 37.2 Å². The third-order valence-electron chi connectivity index (χ3n) is 2.43. The molecule has 0 saturated heterocycles. The van der Waals surface area contributed by atoms with E-state index in [1.165, 1.54) is 17.8 Å². The fourth-order valence-corrected chi connectivity index (χ4v) is 2.62. The molecule has 1 unspecified atom stereocenters. The number of hydrogen-bond acceptors (Lipinski definition) is 3. The van der Waals surface area contributed by atoms with E-state index in [4.69, 9.17) is 0 Å². The Morgan fingerprint density at radius 1 is 1.50 bits per heavy atom. The van der Waals surface area contributed by atoms with E-state index in [9.17, 15) is 14.3 Å². The number of carboxylic acids is 1. The fourth-order valence-electron chi connectivity index (χ4n) is 1.59. The summed E-state index contributed by atoms with van der Waals surface area (Å²) in [4.78, 5) is 11.8. The molecule has 0 saturated carbocycles. The van der Waals surface area contributed by atoms with Crippen LogP contribution in [0.15, 0.2) is 29.2 Å². The van der Waals surface area contributed by atoms with Gasteiger partial charge in [-0.1, -0.05) is 12.1 Å². The van der Waals surface area contributed by atoms with Crippen molar-refractivity contribution in [3.63, 3.8) is 0 Å². The average molecular weight is 271 g/mol. The molecule has 0 radical (unpaired) electrons. The van der Waals surface area contributed by atoms with Crippen LogP contribution in [0.3, 0.4) is 0 Å². The molecule has 0 aliphatic carbocycles. The number of rotatable bonds is 6. The summed E-state index contributed by atoms with van der Waals surface area (Å²) < 4.78 is 13.4. The number of carboxylic acid groups (broad SMARTS) is 1. The fraction of sp³-hybridized carbons (Fsp3) is 0.462. The topological polar surface area (TPSA) is 49.3 Å². The molecule has 0 spiro atoms. The summed E-state index contributed by atoms with van der Waals surface area (Å²) in [7, 11) is 0. The Labute approximate surface area is 111 Å². The van der Waals surface area contributed by atoms with E-state index in [1.54, 1.807) is 25.1 Å². The van der Waals surface area contributed by atoms with Gasteiger partial charge in [0.25, 0.3) is 0 Å². The Hall–Kier alpha value is -1.07. The van der Waals surface area contributed by atoms with E-state index in [0.29, 0.717) is 4.90 Å². The van der Waals surface area contributed by atoms with Crippen molar-refractivity contribution in [2.24, 2.45) is 0 Å². The summed E-state index contributed by atoms with van der Waals surface area (Å²) in [6.07, 6.45) is 0. The van der Waals surface area contributed by atoms with Gasteiger partial charge in [0.05, 0.1) is 0 Å². The van der Waals surface area contributed by atoms with Crippen LogP contribution in [0.25, 0.3) is 0 Å². The first-order valence-electron chi connectivity index (χ1n) is 5.73. The Morgan fingerprint density at radius 3 is 2.61 bits per heavy atom. The van der Waals surface area contributed by atoms with Gasteiger partial charge in [0.15, 0.2) is 0 Å². The van der Waals surface area contributed by atoms with Crippen LogP contribution in [0, 0.1) is 5.82 Å². The maximum atomic E-state index is 13.4. The van der Waals surface area contributed by atoms with Crippen molar-refractivity contribution < 1.29 is 14.3 Å². The molecule has 1 rings (SSSR count). The first kappa shape index (κ1) is 15.0. The molecular weight excluding hydrogens is 253 g/mol. The van der Waals surface area contributed by atoms with Gasteiger partial charge in [0.1, 0.15) is 11.4 Å². The maximum absolute atomic E-state index is 13.4. The molecular formula is C13H18FNO2S. The molecule has 0 bridgehead atoms. The minimum atomic E-state index is -1.07. The molecule has 2 N–H and O–H groups in total. The molecule has 1 aromatic carbocycles. The van der Waals surface area contributed by atoms with E-state index in [1.807, 2.05) is 13.8 Å². The van der Waals surface area contributed by atoms with Gasteiger partial charge < -0.3 is 5.11 Å². The van der Waals surface area contributed by atoms with Crippen molar-refractivity contribution in [3.8, 4) is 0 Å². The first-order valence-corrected chi connectivity index (χ1v) is 6.72.